The highest BCUT2D eigenvalue weighted by Crippen LogP contribution is 2.34. The number of benzene rings is 1. The molecule has 0 atom stereocenters. The number of nitrogens with two attached hydrogens (primary N) is 1. The lowest BCUT2D eigenvalue weighted by atomic mass is 10.1. The molecule has 0 unspecified atom stereocenters. The third-order valence-electron chi connectivity index (χ3n) is 2.86. The quantitative estimate of drug-likeness (QED) is 0.866. The molecule has 0 saturated heterocycles. The van der Waals surface area contributed by atoms with E-state index in [0.717, 1.165) is 22.3 Å². The Morgan fingerprint density at radius 1 is 1.56 bits per heavy atom. The summed E-state index contributed by atoms with van der Waals surface area (Å²) in [6, 6.07) is 6.76. The first-order valence-electron chi connectivity index (χ1n) is 5.49. The Hall–Kier alpha value is -0.610. The molecule has 0 aromatic heterocycles. The topological polar surface area (TPSA) is 29.3 Å². The second kappa shape index (κ2) is 4.72. The van der Waals surface area contributed by atoms with E-state index in [4.69, 9.17) is 18.0 Å². The molecule has 4 heteroatoms. The van der Waals surface area contributed by atoms with Crippen LogP contribution in [0.1, 0.15) is 25.3 Å². The lowest BCUT2D eigenvalue weighted by molar-refractivity contribution is 0.825. The number of hydrogen-bond donors (Lipinski definition) is 1. The van der Waals surface area contributed by atoms with Crippen molar-refractivity contribution in [1.29, 1.82) is 0 Å². The van der Waals surface area contributed by atoms with E-state index in [9.17, 15) is 0 Å². The summed E-state index contributed by atoms with van der Waals surface area (Å²) in [5.41, 5.74) is 7.90. The molecule has 86 valence electrons. The van der Waals surface area contributed by atoms with E-state index >= 15 is 0 Å². The van der Waals surface area contributed by atoms with Gasteiger partial charge in [-0.25, -0.2) is 0 Å². The van der Waals surface area contributed by atoms with Gasteiger partial charge >= 0.3 is 0 Å². The van der Waals surface area contributed by atoms with Crippen molar-refractivity contribution < 1.29 is 0 Å². The highest BCUT2D eigenvalue weighted by Gasteiger charge is 2.29. The Labute approximate surface area is 110 Å². The monoisotopic (exact) mass is 298 g/mol. The van der Waals surface area contributed by atoms with E-state index < -0.39 is 0 Å². The first-order chi connectivity index (χ1) is 7.63. The van der Waals surface area contributed by atoms with Crippen LogP contribution < -0.4 is 10.6 Å². The second-order valence-electron chi connectivity index (χ2n) is 4.04. The lowest BCUT2D eigenvalue weighted by Crippen LogP contribution is -2.28. The SMILES string of the molecule is CCN(c1cc(Br)ccc1C(N)=S)C1CC1. The van der Waals surface area contributed by atoms with E-state index in [-0.39, 0.29) is 0 Å². The van der Waals surface area contributed by atoms with Crippen LogP contribution in [0, 0.1) is 0 Å². The number of nitrogens with zero attached hydrogens (tertiary/aromatic N) is 1. The van der Waals surface area contributed by atoms with Crippen molar-refractivity contribution >= 4 is 38.8 Å². The van der Waals surface area contributed by atoms with Gasteiger partial charge in [0, 0.05) is 28.3 Å². The Morgan fingerprint density at radius 2 is 2.25 bits per heavy atom. The van der Waals surface area contributed by atoms with Crippen LogP contribution in [-0.4, -0.2) is 17.6 Å². The van der Waals surface area contributed by atoms with Crippen LogP contribution in [0.25, 0.3) is 0 Å². The average Bonchev–Trinajstić information content (AvgIpc) is 3.03. The van der Waals surface area contributed by atoms with Crippen molar-refractivity contribution in [3.05, 3.63) is 28.2 Å². The molecule has 1 aliphatic rings. The molecule has 1 fully saturated rings. The molecule has 2 nitrogen and oxygen atoms in total. The molecule has 1 saturated carbocycles. The van der Waals surface area contributed by atoms with Gasteiger partial charge in [-0.1, -0.05) is 28.1 Å². The van der Waals surface area contributed by atoms with Gasteiger partial charge in [0.1, 0.15) is 4.99 Å². The van der Waals surface area contributed by atoms with Crippen LogP contribution in [0.15, 0.2) is 22.7 Å². The van der Waals surface area contributed by atoms with E-state index in [1.54, 1.807) is 0 Å². The molecule has 1 aromatic rings. The zero-order valence-electron chi connectivity index (χ0n) is 9.24. The summed E-state index contributed by atoms with van der Waals surface area (Å²) in [7, 11) is 0. The van der Waals surface area contributed by atoms with Gasteiger partial charge in [0.05, 0.1) is 0 Å². The van der Waals surface area contributed by atoms with Crippen molar-refractivity contribution in [2.24, 2.45) is 5.73 Å². The molecular weight excluding hydrogens is 284 g/mol. The van der Waals surface area contributed by atoms with Crippen LogP contribution in [0.2, 0.25) is 0 Å². The number of halogens is 1. The van der Waals surface area contributed by atoms with E-state index in [1.165, 1.54) is 12.8 Å². The molecule has 0 bridgehead atoms. The summed E-state index contributed by atoms with van der Waals surface area (Å²) in [6.45, 7) is 3.17. The molecule has 0 heterocycles. The maximum absolute atomic E-state index is 5.77. The third-order valence-corrected chi connectivity index (χ3v) is 3.58. The maximum Gasteiger partial charge on any atom is 0.106 e. The van der Waals surface area contributed by atoms with Crippen molar-refractivity contribution in [2.45, 2.75) is 25.8 Å². The van der Waals surface area contributed by atoms with Gasteiger partial charge in [-0.05, 0) is 38.0 Å². The molecule has 16 heavy (non-hydrogen) atoms. The average molecular weight is 299 g/mol. The molecule has 0 spiro atoms. The predicted molar refractivity (Wildman–Crippen MR) is 76.1 cm³/mol. The van der Waals surface area contributed by atoms with E-state index in [1.807, 2.05) is 12.1 Å². The molecule has 1 aromatic carbocycles. The van der Waals surface area contributed by atoms with Crippen molar-refractivity contribution in [1.82, 2.24) is 0 Å². The third kappa shape index (κ3) is 2.38. The summed E-state index contributed by atoms with van der Waals surface area (Å²) >= 11 is 8.60. The molecule has 0 aliphatic heterocycles. The van der Waals surface area contributed by atoms with Crippen LogP contribution >= 0.6 is 28.1 Å². The fraction of sp³-hybridized carbons (Fsp3) is 0.417. The summed E-state index contributed by atoms with van der Waals surface area (Å²) in [5, 5.41) is 0. The minimum Gasteiger partial charge on any atom is -0.389 e. The summed E-state index contributed by atoms with van der Waals surface area (Å²) in [6.07, 6.45) is 2.55. The first kappa shape index (κ1) is 11.9. The fourth-order valence-electron chi connectivity index (χ4n) is 1.96. The predicted octanol–water partition coefficient (Wildman–Crippen LogP) is 3.07. The first-order valence-corrected chi connectivity index (χ1v) is 6.69. The second-order valence-corrected chi connectivity index (χ2v) is 5.40. The Morgan fingerprint density at radius 3 is 2.75 bits per heavy atom. The van der Waals surface area contributed by atoms with Gasteiger partial charge < -0.3 is 10.6 Å². The van der Waals surface area contributed by atoms with Crippen molar-refractivity contribution in [2.75, 3.05) is 11.4 Å². The lowest BCUT2D eigenvalue weighted by Gasteiger charge is -2.25. The van der Waals surface area contributed by atoms with Gasteiger partial charge in [-0.3, -0.25) is 0 Å². The Kier molecular flexibility index (Phi) is 3.50. The molecule has 0 amide bonds. The normalized spacial score (nSPS) is 14.9. The number of anilines is 1. The standard InChI is InChI=1S/C12H15BrN2S/c1-2-15(9-4-5-9)11-7-8(13)3-6-10(11)12(14)16/h3,6-7,9H,2,4-5H2,1H3,(H2,14,16). The van der Waals surface area contributed by atoms with Crippen LogP contribution in [0.5, 0.6) is 0 Å². The molecule has 1 aliphatic carbocycles. The highest BCUT2D eigenvalue weighted by molar-refractivity contribution is 9.10. The fourth-order valence-corrected chi connectivity index (χ4v) is 2.48. The highest BCUT2D eigenvalue weighted by atomic mass is 79.9. The summed E-state index contributed by atoms with van der Waals surface area (Å²) in [5.74, 6) is 0. The van der Waals surface area contributed by atoms with E-state index in [2.05, 4.69) is 33.8 Å². The maximum atomic E-state index is 5.77. The molecule has 2 N–H and O–H groups in total. The van der Waals surface area contributed by atoms with Crippen molar-refractivity contribution in [3.8, 4) is 0 Å². The Balaban J connectivity index is 2.42. The minimum absolute atomic E-state index is 0.474. The zero-order chi connectivity index (χ0) is 11.7. The molecule has 0 radical (unpaired) electrons. The largest absolute Gasteiger partial charge is 0.389 e. The van der Waals surface area contributed by atoms with Crippen molar-refractivity contribution in [3.63, 3.8) is 0 Å². The van der Waals surface area contributed by atoms with Gasteiger partial charge in [0.15, 0.2) is 0 Å². The van der Waals surface area contributed by atoms with Gasteiger partial charge in [-0.2, -0.15) is 0 Å². The number of rotatable bonds is 4. The Bertz CT molecular complexity index is 415. The minimum atomic E-state index is 0.474. The van der Waals surface area contributed by atoms with Gasteiger partial charge in [0.2, 0.25) is 0 Å². The van der Waals surface area contributed by atoms with Gasteiger partial charge in [0.25, 0.3) is 0 Å². The van der Waals surface area contributed by atoms with E-state index in [0.29, 0.717) is 11.0 Å². The number of hydrogen-bond acceptors (Lipinski definition) is 2. The zero-order valence-corrected chi connectivity index (χ0v) is 11.6. The van der Waals surface area contributed by atoms with Gasteiger partial charge in [-0.15, -0.1) is 0 Å². The smallest absolute Gasteiger partial charge is 0.106 e. The van der Waals surface area contributed by atoms with Crippen LogP contribution in [0.3, 0.4) is 0 Å². The van der Waals surface area contributed by atoms with Crippen LogP contribution in [-0.2, 0) is 0 Å². The molecular formula is C12H15BrN2S. The summed E-state index contributed by atoms with van der Waals surface area (Å²) < 4.78 is 1.07. The summed E-state index contributed by atoms with van der Waals surface area (Å²) in [4.78, 5) is 2.86. The molecule has 2 rings (SSSR count). The van der Waals surface area contributed by atoms with Crippen LogP contribution in [0.4, 0.5) is 5.69 Å². The number of thiocarbonyl (C=S) groups is 1.